The molecule has 0 bridgehead atoms. The maximum absolute atomic E-state index is 13.6. The second-order valence-corrected chi connectivity index (χ2v) is 7.95. The highest BCUT2D eigenvalue weighted by Gasteiger charge is 2.47. The number of anilines is 1. The first-order valence-electron chi connectivity index (χ1n) is 10.4. The van der Waals surface area contributed by atoms with E-state index in [2.05, 4.69) is 0 Å². The fourth-order valence-corrected chi connectivity index (χ4v) is 4.19. The molecule has 7 nitrogen and oxygen atoms in total. The van der Waals surface area contributed by atoms with Crippen molar-refractivity contribution >= 4 is 28.3 Å². The van der Waals surface area contributed by atoms with Gasteiger partial charge in [-0.15, -0.1) is 0 Å². The Kier molecular flexibility index (Phi) is 4.82. The van der Waals surface area contributed by atoms with E-state index in [1.165, 1.54) is 12.0 Å². The van der Waals surface area contributed by atoms with E-state index in [-0.39, 0.29) is 11.3 Å². The van der Waals surface area contributed by atoms with Crippen molar-refractivity contribution in [3.05, 3.63) is 94.8 Å². The molecular formula is C26H21NO6. The summed E-state index contributed by atoms with van der Waals surface area (Å²) >= 11 is 0. The fraction of sp³-hybridized carbons (Fsp3) is 0.154. The summed E-state index contributed by atoms with van der Waals surface area (Å²) in [5.74, 6) is -0.468. The normalized spacial score (nSPS) is 16.2. The average molecular weight is 443 g/mol. The van der Waals surface area contributed by atoms with Crippen LogP contribution in [0.3, 0.4) is 0 Å². The number of aliphatic hydroxyl groups excluding tert-OH is 1. The third kappa shape index (κ3) is 3.29. The summed E-state index contributed by atoms with van der Waals surface area (Å²) in [6.45, 7) is 3.67. The highest BCUT2D eigenvalue weighted by Crippen LogP contribution is 2.43. The van der Waals surface area contributed by atoms with Crippen molar-refractivity contribution in [3.63, 3.8) is 0 Å². The van der Waals surface area contributed by atoms with Gasteiger partial charge >= 0.3 is 0 Å². The number of furan rings is 2. The Morgan fingerprint density at radius 2 is 1.82 bits per heavy atom. The zero-order chi connectivity index (χ0) is 23.3. The van der Waals surface area contributed by atoms with Gasteiger partial charge in [-0.1, -0.05) is 24.3 Å². The van der Waals surface area contributed by atoms with E-state index in [0.717, 1.165) is 5.56 Å². The molecule has 0 aliphatic carbocycles. The predicted octanol–water partition coefficient (Wildman–Crippen LogP) is 5.43. The van der Waals surface area contributed by atoms with E-state index in [0.29, 0.717) is 33.9 Å². The average Bonchev–Trinajstić information content (AvgIpc) is 3.49. The summed E-state index contributed by atoms with van der Waals surface area (Å²) in [6, 6.07) is 16.6. The minimum absolute atomic E-state index is 0.0109. The van der Waals surface area contributed by atoms with Gasteiger partial charge in [-0.2, -0.15) is 0 Å². The molecule has 1 amide bonds. The van der Waals surface area contributed by atoms with Crippen LogP contribution >= 0.6 is 0 Å². The van der Waals surface area contributed by atoms with Gasteiger partial charge in [0.2, 0.25) is 5.78 Å². The molecule has 0 radical (unpaired) electrons. The fourth-order valence-electron chi connectivity index (χ4n) is 4.19. The van der Waals surface area contributed by atoms with Crippen molar-refractivity contribution in [2.24, 2.45) is 0 Å². The van der Waals surface area contributed by atoms with Gasteiger partial charge in [0.25, 0.3) is 5.91 Å². The Morgan fingerprint density at radius 3 is 2.52 bits per heavy atom. The van der Waals surface area contributed by atoms with Crippen LogP contribution in [-0.2, 0) is 4.79 Å². The first-order chi connectivity index (χ1) is 15.9. The molecule has 1 N–H and O–H groups in total. The summed E-state index contributed by atoms with van der Waals surface area (Å²) in [7, 11) is 1.51. The van der Waals surface area contributed by atoms with Crippen molar-refractivity contribution in [2.45, 2.75) is 19.9 Å². The van der Waals surface area contributed by atoms with E-state index >= 15 is 0 Å². The molecule has 0 saturated carbocycles. The van der Waals surface area contributed by atoms with Crippen LogP contribution in [0, 0.1) is 13.8 Å². The SMILES string of the molecule is COc1cccc2cc(C(=O)C3=C(O)C(=O)N(c4cccc(C)c4)C3c3ccc(C)o3)oc12. The number of Topliss-reactive ketones (excluding diaryl/α,β-unsaturated/α-hetero) is 1. The molecular weight excluding hydrogens is 422 g/mol. The van der Waals surface area contributed by atoms with Crippen LogP contribution in [0.25, 0.3) is 11.0 Å². The third-order valence-corrected chi connectivity index (χ3v) is 5.71. The van der Waals surface area contributed by atoms with Gasteiger partial charge in [-0.05, 0) is 55.8 Å². The van der Waals surface area contributed by atoms with Crippen LogP contribution in [-0.4, -0.2) is 23.9 Å². The van der Waals surface area contributed by atoms with Gasteiger partial charge in [0.15, 0.2) is 22.9 Å². The zero-order valence-electron chi connectivity index (χ0n) is 18.3. The van der Waals surface area contributed by atoms with Crippen LogP contribution in [0.2, 0.25) is 0 Å². The molecule has 1 aliphatic rings. The summed E-state index contributed by atoms with van der Waals surface area (Å²) < 4.78 is 17.0. The minimum atomic E-state index is -0.949. The lowest BCUT2D eigenvalue weighted by Crippen LogP contribution is -2.30. The number of carbonyl (C=O) groups excluding carboxylic acids is 2. The molecule has 2 aromatic carbocycles. The Hall–Kier alpha value is -4.26. The van der Waals surface area contributed by atoms with E-state index in [1.807, 2.05) is 25.1 Å². The standard InChI is InChI=1S/C26H21NO6/c1-14-6-4-8-17(12-14)27-22(18-11-10-15(2)32-18)21(24(29)26(27)30)23(28)20-13-16-7-5-9-19(31-3)25(16)33-20/h4-13,22,29H,1-3H3. The molecule has 3 heterocycles. The Bertz CT molecular complexity index is 1440. The number of ketones is 1. The second kappa shape index (κ2) is 7.70. The Morgan fingerprint density at radius 1 is 1.03 bits per heavy atom. The quantitative estimate of drug-likeness (QED) is 0.413. The van der Waals surface area contributed by atoms with Gasteiger partial charge in [0.1, 0.15) is 17.6 Å². The first kappa shape index (κ1) is 20.6. The van der Waals surface area contributed by atoms with E-state index in [1.54, 1.807) is 49.4 Å². The lowest BCUT2D eigenvalue weighted by Gasteiger charge is -2.25. The number of carbonyl (C=O) groups is 2. The van der Waals surface area contributed by atoms with Crippen molar-refractivity contribution in [1.29, 1.82) is 0 Å². The molecule has 1 aliphatic heterocycles. The molecule has 1 unspecified atom stereocenters. The summed E-state index contributed by atoms with van der Waals surface area (Å²) in [5, 5.41) is 11.5. The van der Waals surface area contributed by atoms with Crippen LogP contribution in [0.5, 0.6) is 5.75 Å². The zero-order valence-corrected chi connectivity index (χ0v) is 18.3. The predicted molar refractivity (Wildman–Crippen MR) is 122 cm³/mol. The first-order valence-corrected chi connectivity index (χ1v) is 10.4. The number of rotatable bonds is 5. The summed E-state index contributed by atoms with van der Waals surface area (Å²) in [6.07, 6.45) is 0. The monoisotopic (exact) mass is 443 g/mol. The van der Waals surface area contributed by atoms with Crippen LogP contribution in [0.4, 0.5) is 5.69 Å². The molecule has 0 saturated heterocycles. The number of hydrogen-bond acceptors (Lipinski definition) is 6. The van der Waals surface area contributed by atoms with Crippen LogP contribution in [0.1, 0.15) is 33.7 Å². The molecule has 0 spiro atoms. The number of fused-ring (bicyclic) bond motifs is 1. The number of ether oxygens (including phenoxy) is 1. The molecule has 33 heavy (non-hydrogen) atoms. The van der Waals surface area contributed by atoms with E-state index in [4.69, 9.17) is 13.6 Å². The molecule has 1 atom stereocenters. The third-order valence-electron chi connectivity index (χ3n) is 5.71. The number of hydrogen-bond donors (Lipinski definition) is 1. The van der Waals surface area contributed by atoms with Gasteiger partial charge in [0.05, 0.1) is 12.7 Å². The number of aliphatic hydroxyl groups is 1. The molecule has 5 rings (SSSR count). The Labute approximate surface area is 189 Å². The minimum Gasteiger partial charge on any atom is -0.503 e. The molecule has 4 aromatic rings. The van der Waals surface area contributed by atoms with Gasteiger partial charge in [-0.25, -0.2) is 0 Å². The van der Waals surface area contributed by atoms with Crippen LogP contribution in [0.15, 0.2) is 80.8 Å². The lowest BCUT2D eigenvalue weighted by atomic mass is 9.99. The van der Waals surface area contributed by atoms with E-state index in [9.17, 15) is 14.7 Å². The Balaban J connectivity index is 1.66. The van der Waals surface area contributed by atoms with Gasteiger partial charge in [0, 0.05) is 11.1 Å². The number of nitrogens with zero attached hydrogens (tertiary/aromatic N) is 1. The topological polar surface area (TPSA) is 93.1 Å². The maximum atomic E-state index is 13.6. The molecule has 2 aromatic heterocycles. The maximum Gasteiger partial charge on any atom is 0.294 e. The highest BCUT2D eigenvalue weighted by molar-refractivity contribution is 6.20. The van der Waals surface area contributed by atoms with Crippen molar-refractivity contribution in [2.75, 3.05) is 12.0 Å². The highest BCUT2D eigenvalue weighted by atomic mass is 16.5. The van der Waals surface area contributed by atoms with E-state index < -0.39 is 23.5 Å². The smallest absolute Gasteiger partial charge is 0.294 e. The van der Waals surface area contributed by atoms with Gasteiger partial charge in [-0.3, -0.25) is 14.5 Å². The number of methoxy groups -OCH3 is 1. The van der Waals surface area contributed by atoms with Crippen molar-refractivity contribution < 1.29 is 28.3 Å². The number of benzene rings is 2. The summed E-state index contributed by atoms with van der Waals surface area (Å²) in [4.78, 5) is 28.2. The lowest BCUT2D eigenvalue weighted by molar-refractivity contribution is -0.117. The van der Waals surface area contributed by atoms with Crippen LogP contribution < -0.4 is 9.64 Å². The largest absolute Gasteiger partial charge is 0.503 e. The second-order valence-electron chi connectivity index (χ2n) is 7.95. The number of amides is 1. The van der Waals surface area contributed by atoms with Gasteiger partial charge < -0.3 is 18.7 Å². The molecule has 0 fully saturated rings. The van der Waals surface area contributed by atoms with Crippen molar-refractivity contribution in [3.8, 4) is 5.75 Å². The van der Waals surface area contributed by atoms with Crippen molar-refractivity contribution in [1.82, 2.24) is 0 Å². The summed E-state index contributed by atoms with van der Waals surface area (Å²) in [5.41, 5.74) is 1.78. The molecule has 7 heteroatoms. The molecule has 166 valence electrons. The number of aryl methyl sites for hydroxylation is 2. The number of para-hydroxylation sites is 1.